The van der Waals surface area contributed by atoms with Gasteiger partial charge in [0.05, 0.1) is 24.3 Å². The summed E-state index contributed by atoms with van der Waals surface area (Å²) in [5.74, 6) is 1.07. The molecule has 128 valence electrons. The van der Waals surface area contributed by atoms with Gasteiger partial charge in [0.1, 0.15) is 11.8 Å². The van der Waals surface area contributed by atoms with Crippen LogP contribution in [-0.4, -0.2) is 55.3 Å². The third-order valence-electron chi connectivity index (χ3n) is 5.01. The van der Waals surface area contributed by atoms with Crippen molar-refractivity contribution in [1.29, 1.82) is 0 Å². The van der Waals surface area contributed by atoms with Crippen molar-refractivity contribution in [2.75, 3.05) is 29.4 Å². The number of amides is 1. The summed E-state index contributed by atoms with van der Waals surface area (Å²) in [6.45, 7) is 2.51. The minimum absolute atomic E-state index is 0.190. The van der Waals surface area contributed by atoms with Crippen molar-refractivity contribution in [3.05, 3.63) is 25.0 Å². The highest BCUT2D eigenvalue weighted by molar-refractivity contribution is 5.95. The largest absolute Gasteiger partial charge is 0.352 e. The molecule has 1 unspecified atom stereocenters. The minimum atomic E-state index is 0.190. The smallest absolute Gasteiger partial charge is 0.227 e. The molecule has 2 aliphatic rings. The number of aromatic nitrogens is 6. The Labute approximate surface area is 143 Å². The molecule has 0 aromatic carbocycles. The molecule has 9 nitrogen and oxygen atoms in total. The molecule has 1 atom stereocenters. The van der Waals surface area contributed by atoms with E-state index in [-0.39, 0.29) is 11.9 Å². The maximum Gasteiger partial charge on any atom is 0.227 e. The average molecular weight is 338 g/mol. The van der Waals surface area contributed by atoms with Gasteiger partial charge in [-0.05, 0) is 12.8 Å². The molecular formula is C16H18N8O. The number of fused-ring (bicyclic) bond motifs is 1. The number of anilines is 2. The molecule has 2 aliphatic heterocycles. The van der Waals surface area contributed by atoms with E-state index in [1.54, 1.807) is 18.9 Å². The van der Waals surface area contributed by atoms with Crippen molar-refractivity contribution in [1.82, 2.24) is 29.7 Å². The Morgan fingerprint density at radius 2 is 2.16 bits per heavy atom. The first-order valence-electron chi connectivity index (χ1n) is 8.53. The Kier molecular flexibility index (Phi) is 3.19. The topological polar surface area (TPSA) is 95.8 Å². The van der Waals surface area contributed by atoms with Crippen molar-refractivity contribution in [3.63, 3.8) is 0 Å². The fraction of sp³-hybridized carbons (Fsp3) is 0.438. The molecule has 0 radical (unpaired) electrons. The van der Waals surface area contributed by atoms with Crippen LogP contribution in [0.1, 0.15) is 25.3 Å². The van der Waals surface area contributed by atoms with Crippen LogP contribution in [-0.2, 0) is 4.79 Å². The zero-order valence-electron chi connectivity index (χ0n) is 13.7. The summed E-state index contributed by atoms with van der Waals surface area (Å²) in [6.07, 6.45) is 9.52. The van der Waals surface area contributed by atoms with Crippen molar-refractivity contribution in [2.45, 2.75) is 25.3 Å². The van der Waals surface area contributed by atoms with E-state index in [0.29, 0.717) is 12.1 Å². The van der Waals surface area contributed by atoms with E-state index >= 15 is 0 Å². The highest BCUT2D eigenvalue weighted by atomic mass is 16.2. The van der Waals surface area contributed by atoms with E-state index in [1.807, 2.05) is 15.8 Å². The fourth-order valence-corrected chi connectivity index (χ4v) is 3.73. The van der Waals surface area contributed by atoms with Crippen LogP contribution in [0.3, 0.4) is 0 Å². The van der Waals surface area contributed by atoms with Gasteiger partial charge in [0.2, 0.25) is 5.91 Å². The van der Waals surface area contributed by atoms with Gasteiger partial charge in [-0.1, -0.05) is 0 Å². The Balaban J connectivity index is 1.36. The van der Waals surface area contributed by atoms with Crippen molar-refractivity contribution < 1.29 is 4.79 Å². The lowest BCUT2D eigenvalue weighted by Crippen LogP contribution is -2.23. The van der Waals surface area contributed by atoms with Crippen LogP contribution in [0.2, 0.25) is 0 Å². The van der Waals surface area contributed by atoms with Crippen molar-refractivity contribution in [3.8, 4) is 0 Å². The van der Waals surface area contributed by atoms with Crippen LogP contribution in [0.15, 0.2) is 25.0 Å². The molecular weight excluding hydrogens is 320 g/mol. The Bertz CT molecular complexity index is 931. The third kappa shape index (κ3) is 2.34. The second kappa shape index (κ2) is 5.54. The van der Waals surface area contributed by atoms with Gasteiger partial charge in [0.25, 0.3) is 0 Å². The van der Waals surface area contributed by atoms with Gasteiger partial charge in [-0.15, -0.1) is 0 Å². The van der Waals surface area contributed by atoms with Crippen LogP contribution in [0.5, 0.6) is 0 Å². The molecule has 1 amide bonds. The summed E-state index contributed by atoms with van der Waals surface area (Å²) in [6, 6.07) is 0.263. The highest BCUT2D eigenvalue weighted by Gasteiger charge is 2.29. The van der Waals surface area contributed by atoms with E-state index in [1.165, 1.54) is 0 Å². The minimum Gasteiger partial charge on any atom is -0.352 e. The molecule has 1 N–H and O–H groups in total. The highest BCUT2D eigenvalue weighted by Crippen LogP contribution is 2.30. The van der Waals surface area contributed by atoms with E-state index < -0.39 is 0 Å². The lowest BCUT2D eigenvalue weighted by atomic mass is 10.3. The third-order valence-corrected chi connectivity index (χ3v) is 5.01. The zero-order valence-corrected chi connectivity index (χ0v) is 13.7. The zero-order chi connectivity index (χ0) is 16.8. The fourth-order valence-electron chi connectivity index (χ4n) is 3.73. The monoisotopic (exact) mass is 338 g/mol. The lowest BCUT2D eigenvalue weighted by molar-refractivity contribution is -0.117. The maximum atomic E-state index is 11.9. The predicted octanol–water partition coefficient (Wildman–Crippen LogP) is 1.13. The van der Waals surface area contributed by atoms with Gasteiger partial charge < -0.3 is 14.8 Å². The SMILES string of the molecule is O=C1CCCN1c1cnn(C2CCN(c3ncnc4nc[nH]c34)C2)c1. The first-order chi connectivity index (χ1) is 12.3. The number of aromatic amines is 1. The number of imidazole rings is 1. The van der Waals surface area contributed by atoms with Crippen molar-refractivity contribution >= 4 is 28.6 Å². The van der Waals surface area contributed by atoms with E-state index in [9.17, 15) is 4.79 Å². The summed E-state index contributed by atoms with van der Waals surface area (Å²) in [5, 5.41) is 4.50. The molecule has 0 aliphatic carbocycles. The molecule has 3 aromatic heterocycles. The van der Waals surface area contributed by atoms with Crippen molar-refractivity contribution in [2.24, 2.45) is 0 Å². The molecule has 5 rings (SSSR count). The molecule has 0 bridgehead atoms. The van der Waals surface area contributed by atoms with E-state index in [0.717, 1.165) is 49.5 Å². The number of nitrogens with one attached hydrogen (secondary N) is 1. The van der Waals surface area contributed by atoms with Crippen LogP contribution in [0.4, 0.5) is 11.5 Å². The van der Waals surface area contributed by atoms with E-state index in [4.69, 9.17) is 0 Å². The summed E-state index contributed by atoms with van der Waals surface area (Å²) < 4.78 is 1.98. The molecule has 25 heavy (non-hydrogen) atoms. The van der Waals surface area contributed by atoms with Gasteiger partial charge in [0.15, 0.2) is 11.5 Å². The molecule has 0 spiro atoms. The maximum absolute atomic E-state index is 11.9. The number of hydrogen-bond donors (Lipinski definition) is 1. The second-order valence-corrected chi connectivity index (χ2v) is 6.51. The molecule has 9 heteroatoms. The number of hydrogen-bond acceptors (Lipinski definition) is 6. The number of H-pyrrole nitrogens is 1. The molecule has 3 aromatic rings. The summed E-state index contributed by atoms with van der Waals surface area (Å²) in [7, 11) is 0. The Morgan fingerprint density at radius 1 is 1.20 bits per heavy atom. The van der Waals surface area contributed by atoms with Crippen LogP contribution >= 0.6 is 0 Å². The molecule has 0 saturated carbocycles. The van der Waals surface area contributed by atoms with Crippen LogP contribution in [0.25, 0.3) is 11.2 Å². The summed E-state index contributed by atoms with van der Waals surface area (Å²) in [4.78, 5) is 31.9. The number of nitrogens with zero attached hydrogens (tertiary/aromatic N) is 7. The van der Waals surface area contributed by atoms with Crippen LogP contribution in [0, 0.1) is 0 Å². The molecule has 2 saturated heterocycles. The second-order valence-electron chi connectivity index (χ2n) is 6.51. The Morgan fingerprint density at radius 3 is 3.04 bits per heavy atom. The summed E-state index contributed by atoms with van der Waals surface area (Å²) in [5.41, 5.74) is 2.45. The standard InChI is InChI=1S/C16H18N8O/c25-13-2-1-4-23(13)12-6-21-24(8-12)11-3-5-22(7-11)16-14-15(18-9-17-14)19-10-20-16/h6,8-11H,1-5,7H2,(H,17,18,19,20). The van der Waals surface area contributed by atoms with Gasteiger partial charge in [-0.3, -0.25) is 9.48 Å². The van der Waals surface area contributed by atoms with Gasteiger partial charge in [0, 0.05) is 32.3 Å². The normalized spacial score (nSPS) is 21.0. The first-order valence-corrected chi connectivity index (χ1v) is 8.53. The quantitative estimate of drug-likeness (QED) is 0.769. The van der Waals surface area contributed by atoms with Gasteiger partial charge in [-0.2, -0.15) is 5.10 Å². The van der Waals surface area contributed by atoms with E-state index in [2.05, 4.69) is 29.9 Å². The lowest BCUT2D eigenvalue weighted by Gasteiger charge is -2.17. The number of carbonyl (C=O) groups excluding carboxylic acids is 1. The van der Waals surface area contributed by atoms with Gasteiger partial charge >= 0.3 is 0 Å². The van der Waals surface area contributed by atoms with Gasteiger partial charge in [-0.25, -0.2) is 15.0 Å². The predicted molar refractivity (Wildman–Crippen MR) is 91.4 cm³/mol. The number of rotatable bonds is 3. The average Bonchev–Trinajstić information content (AvgIpc) is 3.39. The molecule has 2 fully saturated rings. The number of carbonyl (C=O) groups is 1. The molecule has 5 heterocycles. The summed E-state index contributed by atoms with van der Waals surface area (Å²) >= 11 is 0. The first kappa shape index (κ1) is 14.4. The van der Waals surface area contributed by atoms with Crippen LogP contribution < -0.4 is 9.80 Å². The Hall–Kier alpha value is -2.97.